The Labute approximate surface area is 82.6 Å². The van der Waals surface area contributed by atoms with Gasteiger partial charge in [0.25, 0.3) is 0 Å². The van der Waals surface area contributed by atoms with Crippen LogP contribution in [0.15, 0.2) is 36.7 Å². The van der Waals surface area contributed by atoms with Crippen molar-refractivity contribution in [2.45, 2.75) is 13.5 Å². The number of aryl methyl sites for hydroxylation is 1. The minimum absolute atomic E-state index is 0.0654. The van der Waals surface area contributed by atoms with E-state index in [-0.39, 0.29) is 6.61 Å². The van der Waals surface area contributed by atoms with E-state index in [0.717, 1.165) is 16.8 Å². The Hall–Kier alpha value is -1.61. The van der Waals surface area contributed by atoms with Gasteiger partial charge in [-0.05, 0) is 36.2 Å². The van der Waals surface area contributed by atoms with Crippen molar-refractivity contribution in [3.63, 3.8) is 0 Å². The van der Waals surface area contributed by atoms with Crippen LogP contribution in [-0.4, -0.2) is 14.9 Å². The van der Waals surface area contributed by atoms with Crippen LogP contribution in [0.5, 0.6) is 0 Å². The highest BCUT2D eigenvalue weighted by atomic mass is 16.3. The van der Waals surface area contributed by atoms with Crippen LogP contribution in [0.25, 0.3) is 5.69 Å². The molecule has 3 nitrogen and oxygen atoms in total. The first-order valence-corrected chi connectivity index (χ1v) is 4.51. The maximum atomic E-state index is 9.05. The fourth-order valence-electron chi connectivity index (χ4n) is 1.49. The molecule has 72 valence electrons. The molecule has 2 rings (SSSR count). The third-order valence-corrected chi connectivity index (χ3v) is 2.07. The van der Waals surface area contributed by atoms with E-state index < -0.39 is 0 Å². The third-order valence-electron chi connectivity index (χ3n) is 2.07. The van der Waals surface area contributed by atoms with Crippen LogP contribution in [0.2, 0.25) is 0 Å². The molecular formula is C11H12N2O. The van der Waals surface area contributed by atoms with Gasteiger partial charge in [-0.15, -0.1) is 0 Å². The Bertz CT molecular complexity index is 421. The number of aliphatic hydroxyl groups excluding tert-OH is 1. The second kappa shape index (κ2) is 3.64. The molecule has 0 saturated heterocycles. The fourth-order valence-corrected chi connectivity index (χ4v) is 1.49. The topological polar surface area (TPSA) is 38.0 Å². The van der Waals surface area contributed by atoms with Crippen molar-refractivity contribution < 1.29 is 5.11 Å². The highest BCUT2D eigenvalue weighted by Crippen LogP contribution is 2.13. The lowest BCUT2D eigenvalue weighted by atomic mass is 10.1. The van der Waals surface area contributed by atoms with Gasteiger partial charge in [-0.2, -0.15) is 5.10 Å². The van der Waals surface area contributed by atoms with E-state index in [1.165, 1.54) is 0 Å². The van der Waals surface area contributed by atoms with Crippen LogP contribution in [0, 0.1) is 6.92 Å². The summed E-state index contributed by atoms with van der Waals surface area (Å²) in [5.41, 5.74) is 3.02. The molecule has 0 saturated carbocycles. The summed E-state index contributed by atoms with van der Waals surface area (Å²) < 4.78 is 1.78. The minimum atomic E-state index is 0.0654. The zero-order valence-electron chi connectivity index (χ0n) is 8.01. The summed E-state index contributed by atoms with van der Waals surface area (Å²) >= 11 is 0. The average molecular weight is 188 g/mol. The van der Waals surface area contributed by atoms with E-state index in [1.54, 1.807) is 10.9 Å². The van der Waals surface area contributed by atoms with Crippen molar-refractivity contribution in [3.8, 4) is 5.69 Å². The number of rotatable bonds is 2. The summed E-state index contributed by atoms with van der Waals surface area (Å²) in [7, 11) is 0. The average Bonchev–Trinajstić information content (AvgIpc) is 2.69. The highest BCUT2D eigenvalue weighted by molar-refractivity contribution is 5.38. The van der Waals surface area contributed by atoms with Crippen molar-refractivity contribution in [2.24, 2.45) is 0 Å². The smallest absolute Gasteiger partial charge is 0.0682 e. The lowest BCUT2D eigenvalue weighted by molar-refractivity contribution is 0.281. The normalized spacial score (nSPS) is 10.4. The van der Waals surface area contributed by atoms with Crippen molar-refractivity contribution in [2.75, 3.05) is 0 Å². The van der Waals surface area contributed by atoms with E-state index in [9.17, 15) is 0 Å². The summed E-state index contributed by atoms with van der Waals surface area (Å²) in [5.74, 6) is 0. The van der Waals surface area contributed by atoms with Gasteiger partial charge in [0.2, 0.25) is 0 Å². The van der Waals surface area contributed by atoms with E-state index in [0.29, 0.717) is 0 Å². The van der Waals surface area contributed by atoms with E-state index in [1.807, 2.05) is 37.4 Å². The Morgan fingerprint density at radius 2 is 2.21 bits per heavy atom. The van der Waals surface area contributed by atoms with Crippen molar-refractivity contribution in [3.05, 3.63) is 47.8 Å². The van der Waals surface area contributed by atoms with Gasteiger partial charge in [0, 0.05) is 12.4 Å². The largest absolute Gasteiger partial charge is 0.392 e. The summed E-state index contributed by atoms with van der Waals surface area (Å²) in [5, 5.41) is 13.2. The van der Waals surface area contributed by atoms with E-state index in [4.69, 9.17) is 5.11 Å². The molecule has 0 aliphatic carbocycles. The van der Waals surface area contributed by atoms with Crippen LogP contribution in [-0.2, 0) is 6.61 Å². The molecule has 0 bridgehead atoms. The summed E-state index contributed by atoms with van der Waals surface area (Å²) in [4.78, 5) is 0. The summed E-state index contributed by atoms with van der Waals surface area (Å²) in [6, 6.07) is 7.81. The monoisotopic (exact) mass is 188 g/mol. The zero-order valence-corrected chi connectivity index (χ0v) is 8.01. The van der Waals surface area contributed by atoms with Gasteiger partial charge in [-0.25, -0.2) is 4.68 Å². The molecule has 1 aromatic heterocycles. The fraction of sp³-hybridized carbons (Fsp3) is 0.182. The lowest BCUT2D eigenvalue weighted by Crippen LogP contribution is -1.96. The van der Waals surface area contributed by atoms with Crippen molar-refractivity contribution in [1.82, 2.24) is 9.78 Å². The predicted octanol–water partition coefficient (Wildman–Crippen LogP) is 1.67. The molecule has 1 aromatic carbocycles. The number of nitrogens with zero attached hydrogens (tertiary/aromatic N) is 2. The molecule has 14 heavy (non-hydrogen) atoms. The molecular weight excluding hydrogens is 176 g/mol. The summed E-state index contributed by atoms with van der Waals surface area (Å²) in [6.45, 7) is 2.07. The SMILES string of the molecule is Cc1cc(CO)cc(-n2cccn2)c1. The number of benzene rings is 1. The highest BCUT2D eigenvalue weighted by Gasteiger charge is 1.99. The first kappa shape index (κ1) is 8.97. The molecule has 0 spiro atoms. The zero-order chi connectivity index (χ0) is 9.97. The third kappa shape index (κ3) is 1.67. The Kier molecular flexibility index (Phi) is 2.33. The van der Waals surface area contributed by atoms with Gasteiger partial charge < -0.3 is 5.11 Å². The van der Waals surface area contributed by atoms with Crippen LogP contribution >= 0.6 is 0 Å². The first-order chi connectivity index (χ1) is 6.79. The molecule has 0 aliphatic rings. The Morgan fingerprint density at radius 1 is 1.36 bits per heavy atom. The molecule has 0 fully saturated rings. The second-order valence-corrected chi connectivity index (χ2v) is 3.29. The molecule has 1 heterocycles. The molecule has 1 N–H and O–H groups in total. The molecule has 0 unspecified atom stereocenters. The van der Waals surface area contributed by atoms with Gasteiger partial charge >= 0.3 is 0 Å². The van der Waals surface area contributed by atoms with Gasteiger partial charge in [-0.1, -0.05) is 6.07 Å². The van der Waals surface area contributed by atoms with Crippen LogP contribution in [0.3, 0.4) is 0 Å². The van der Waals surface area contributed by atoms with Crippen LogP contribution in [0.1, 0.15) is 11.1 Å². The first-order valence-electron chi connectivity index (χ1n) is 4.51. The van der Waals surface area contributed by atoms with E-state index in [2.05, 4.69) is 5.10 Å². The summed E-state index contributed by atoms with van der Waals surface area (Å²) in [6.07, 6.45) is 3.62. The molecule has 3 heteroatoms. The standard InChI is InChI=1S/C11H12N2O/c1-9-5-10(8-14)7-11(6-9)13-4-2-3-12-13/h2-7,14H,8H2,1H3. The molecule has 0 radical (unpaired) electrons. The predicted molar refractivity (Wildman–Crippen MR) is 54.2 cm³/mol. The number of aromatic nitrogens is 2. The van der Waals surface area contributed by atoms with Crippen LogP contribution in [0.4, 0.5) is 0 Å². The number of aliphatic hydroxyl groups is 1. The quantitative estimate of drug-likeness (QED) is 0.778. The Balaban J connectivity index is 2.48. The van der Waals surface area contributed by atoms with Gasteiger partial charge in [0.1, 0.15) is 0 Å². The van der Waals surface area contributed by atoms with Gasteiger partial charge in [0.15, 0.2) is 0 Å². The molecule has 0 atom stereocenters. The maximum absolute atomic E-state index is 9.05. The minimum Gasteiger partial charge on any atom is -0.392 e. The van der Waals surface area contributed by atoms with Crippen LogP contribution < -0.4 is 0 Å². The van der Waals surface area contributed by atoms with Crippen molar-refractivity contribution >= 4 is 0 Å². The number of hydrogen-bond donors (Lipinski definition) is 1. The Morgan fingerprint density at radius 3 is 2.86 bits per heavy atom. The van der Waals surface area contributed by atoms with Gasteiger partial charge in [0.05, 0.1) is 12.3 Å². The molecule has 2 aromatic rings. The molecule has 0 amide bonds. The lowest BCUT2D eigenvalue weighted by Gasteiger charge is -2.05. The van der Waals surface area contributed by atoms with Crippen molar-refractivity contribution in [1.29, 1.82) is 0 Å². The van der Waals surface area contributed by atoms with Gasteiger partial charge in [-0.3, -0.25) is 0 Å². The maximum Gasteiger partial charge on any atom is 0.0682 e. The second-order valence-electron chi connectivity index (χ2n) is 3.29. The van der Waals surface area contributed by atoms with E-state index >= 15 is 0 Å². The molecule has 0 aliphatic heterocycles. The number of hydrogen-bond acceptors (Lipinski definition) is 2.